The number of carbonyl (C=O) groups is 2. The molecular formula is C13H16FN3O2. The quantitative estimate of drug-likeness (QED) is 0.701. The third kappa shape index (κ3) is 3.08. The van der Waals surface area contributed by atoms with Crippen molar-refractivity contribution in [2.75, 3.05) is 13.1 Å². The van der Waals surface area contributed by atoms with Crippen molar-refractivity contribution in [3.63, 3.8) is 0 Å². The highest BCUT2D eigenvalue weighted by Gasteiger charge is 2.47. The molecule has 1 aromatic carbocycles. The zero-order valence-corrected chi connectivity index (χ0v) is 10.4. The number of halogens is 1. The van der Waals surface area contributed by atoms with Gasteiger partial charge in [-0.15, -0.1) is 0 Å². The summed E-state index contributed by atoms with van der Waals surface area (Å²) in [6.07, 6.45) is 1.40. The fraction of sp³-hybridized carbons (Fsp3) is 0.385. The maximum absolute atomic E-state index is 13.7. The number of amides is 2. The monoisotopic (exact) mass is 265 g/mol. The summed E-state index contributed by atoms with van der Waals surface area (Å²) in [5.74, 6) is -1.07. The van der Waals surface area contributed by atoms with Crippen LogP contribution in [-0.4, -0.2) is 24.9 Å². The van der Waals surface area contributed by atoms with E-state index in [4.69, 9.17) is 5.73 Å². The van der Waals surface area contributed by atoms with E-state index >= 15 is 0 Å². The highest BCUT2D eigenvalue weighted by Crippen LogP contribution is 2.46. The van der Waals surface area contributed by atoms with Crippen LogP contribution in [0.2, 0.25) is 0 Å². The molecule has 0 unspecified atom stereocenters. The number of rotatable bonds is 5. The molecule has 2 amide bonds. The van der Waals surface area contributed by atoms with Crippen LogP contribution in [0.4, 0.5) is 4.39 Å². The van der Waals surface area contributed by atoms with Crippen molar-refractivity contribution in [2.45, 2.75) is 18.4 Å². The SMILES string of the molecule is NCC(=O)NCC(=O)NC1(c2ccccc2F)CC1. The largest absolute Gasteiger partial charge is 0.346 e. The summed E-state index contributed by atoms with van der Waals surface area (Å²) in [6.45, 7) is -0.308. The van der Waals surface area contributed by atoms with E-state index in [-0.39, 0.29) is 24.8 Å². The summed E-state index contributed by atoms with van der Waals surface area (Å²) in [7, 11) is 0. The van der Waals surface area contributed by atoms with Crippen LogP contribution in [0.25, 0.3) is 0 Å². The Morgan fingerprint density at radius 1 is 1.26 bits per heavy atom. The van der Waals surface area contributed by atoms with Gasteiger partial charge in [-0.25, -0.2) is 4.39 Å². The van der Waals surface area contributed by atoms with E-state index in [0.717, 1.165) is 0 Å². The minimum Gasteiger partial charge on any atom is -0.346 e. The minimum absolute atomic E-state index is 0.147. The molecule has 0 spiro atoms. The highest BCUT2D eigenvalue weighted by molar-refractivity contribution is 5.86. The number of nitrogens with one attached hydrogen (secondary N) is 2. The van der Waals surface area contributed by atoms with Gasteiger partial charge in [-0.05, 0) is 18.9 Å². The molecule has 0 bridgehead atoms. The predicted molar refractivity (Wildman–Crippen MR) is 67.5 cm³/mol. The Kier molecular flexibility index (Phi) is 3.80. The molecular weight excluding hydrogens is 249 g/mol. The molecule has 5 nitrogen and oxygen atoms in total. The van der Waals surface area contributed by atoms with Crippen molar-refractivity contribution in [1.82, 2.24) is 10.6 Å². The Balaban J connectivity index is 1.97. The van der Waals surface area contributed by atoms with Crippen molar-refractivity contribution >= 4 is 11.8 Å². The Morgan fingerprint density at radius 2 is 1.95 bits per heavy atom. The van der Waals surface area contributed by atoms with Gasteiger partial charge >= 0.3 is 0 Å². The molecule has 19 heavy (non-hydrogen) atoms. The van der Waals surface area contributed by atoms with Gasteiger partial charge in [-0.3, -0.25) is 9.59 Å². The van der Waals surface area contributed by atoms with Gasteiger partial charge in [0.1, 0.15) is 5.82 Å². The van der Waals surface area contributed by atoms with E-state index in [1.165, 1.54) is 6.07 Å². The molecule has 102 valence electrons. The average Bonchev–Trinajstić information content (AvgIpc) is 3.17. The van der Waals surface area contributed by atoms with E-state index in [9.17, 15) is 14.0 Å². The smallest absolute Gasteiger partial charge is 0.240 e. The van der Waals surface area contributed by atoms with Crippen molar-refractivity contribution in [3.8, 4) is 0 Å². The molecule has 6 heteroatoms. The normalized spacial score (nSPS) is 15.7. The highest BCUT2D eigenvalue weighted by atomic mass is 19.1. The fourth-order valence-electron chi connectivity index (χ4n) is 2.00. The minimum atomic E-state index is -0.615. The first-order chi connectivity index (χ1) is 9.07. The summed E-state index contributed by atoms with van der Waals surface area (Å²) in [6, 6.07) is 6.39. The first kappa shape index (κ1) is 13.5. The third-order valence-electron chi connectivity index (χ3n) is 3.15. The zero-order valence-electron chi connectivity index (χ0n) is 10.4. The average molecular weight is 265 g/mol. The van der Waals surface area contributed by atoms with E-state index < -0.39 is 11.4 Å². The van der Waals surface area contributed by atoms with Gasteiger partial charge in [-0.1, -0.05) is 18.2 Å². The second-order valence-corrected chi connectivity index (χ2v) is 4.59. The molecule has 1 aromatic rings. The summed E-state index contributed by atoms with van der Waals surface area (Å²) in [5.41, 5.74) is 4.99. The van der Waals surface area contributed by atoms with Crippen LogP contribution in [0.1, 0.15) is 18.4 Å². The Labute approximate surface area is 110 Å². The number of benzene rings is 1. The topological polar surface area (TPSA) is 84.2 Å². The van der Waals surface area contributed by atoms with Crippen molar-refractivity contribution in [2.24, 2.45) is 5.73 Å². The van der Waals surface area contributed by atoms with Crippen LogP contribution >= 0.6 is 0 Å². The summed E-state index contributed by atoms with van der Waals surface area (Å²) in [5, 5.41) is 5.15. The van der Waals surface area contributed by atoms with Crippen LogP contribution in [-0.2, 0) is 15.1 Å². The molecule has 0 radical (unpaired) electrons. The van der Waals surface area contributed by atoms with Gasteiger partial charge in [0.25, 0.3) is 0 Å². The third-order valence-corrected chi connectivity index (χ3v) is 3.15. The molecule has 1 fully saturated rings. The number of nitrogens with two attached hydrogens (primary N) is 1. The molecule has 0 atom stereocenters. The molecule has 0 aromatic heterocycles. The molecule has 0 saturated heterocycles. The van der Waals surface area contributed by atoms with E-state index in [2.05, 4.69) is 10.6 Å². The van der Waals surface area contributed by atoms with E-state index in [1.807, 2.05) is 0 Å². The maximum Gasteiger partial charge on any atom is 0.240 e. The van der Waals surface area contributed by atoms with E-state index in [0.29, 0.717) is 18.4 Å². The van der Waals surface area contributed by atoms with Crippen LogP contribution in [0.15, 0.2) is 24.3 Å². The van der Waals surface area contributed by atoms with Crippen LogP contribution in [0.5, 0.6) is 0 Å². The summed E-state index contributed by atoms with van der Waals surface area (Å²) in [4.78, 5) is 22.7. The maximum atomic E-state index is 13.7. The molecule has 0 heterocycles. The second-order valence-electron chi connectivity index (χ2n) is 4.59. The first-order valence-electron chi connectivity index (χ1n) is 6.10. The summed E-state index contributed by atoms with van der Waals surface area (Å²) < 4.78 is 13.7. The second kappa shape index (κ2) is 5.36. The van der Waals surface area contributed by atoms with Gasteiger partial charge in [0.2, 0.25) is 11.8 Å². The van der Waals surface area contributed by atoms with E-state index in [1.54, 1.807) is 18.2 Å². The van der Waals surface area contributed by atoms with Gasteiger partial charge in [0.15, 0.2) is 0 Å². The lowest BCUT2D eigenvalue weighted by molar-refractivity contribution is -0.126. The molecule has 2 rings (SSSR count). The zero-order chi connectivity index (χ0) is 13.9. The van der Waals surface area contributed by atoms with Gasteiger partial charge in [-0.2, -0.15) is 0 Å². The number of hydrogen-bond acceptors (Lipinski definition) is 3. The Morgan fingerprint density at radius 3 is 2.53 bits per heavy atom. The molecule has 1 aliphatic rings. The molecule has 1 saturated carbocycles. The Bertz CT molecular complexity index is 500. The standard InChI is InChI=1S/C13H16FN3O2/c14-10-4-2-1-3-9(10)13(5-6-13)17-12(19)8-16-11(18)7-15/h1-4H,5-8,15H2,(H,16,18)(H,17,19). The Hall–Kier alpha value is -1.95. The predicted octanol–water partition coefficient (Wildman–Crippen LogP) is 0.00590. The number of carbonyl (C=O) groups excluding carboxylic acids is 2. The molecule has 1 aliphatic carbocycles. The van der Waals surface area contributed by atoms with Crippen molar-refractivity contribution < 1.29 is 14.0 Å². The van der Waals surface area contributed by atoms with Gasteiger partial charge in [0, 0.05) is 5.56 Å². The summed E-state index contributed by atoms with van der Waals surface area (Å²) >= 11 is 0. The van der Waals surface area contributed by atoms with Crippen LogP contribution in [0, 0.1) is 5.82 Å². The van der Waals surface area contributed by atoms with Gasteiger partial charge < -0.3 is 16.4 Å². The molecule has 4 N–H and O–H groups in total. The van der Waals surface area contributed by atoms with Crippen molar-refractivity contribution in [1.29, 1.82) is 0 Å². The lowest BCUT2D eigenvalue weighted by atomic mass is 10.0. The van der Waals surface area contributed by atoms with Gasteiger partial charge in [0.05, 0.1) is 18.6 Å². The lowest BCUT2D eigenvalue weighted by Gasteiger charge is -2.18. The number of hydrogen-bond donors (Lipinski definition) is 3. The lowest BCUT2D eigenvalue weighted by Crippen LogP contribution is -2.43. The van der Waals surface area contributed by atoms with Crippen LogP contribution in [0.3, 0.4) is 0 Å². The first-order valence-corrected chi connectivity index (χ1v) is 6.10. The molecule has 0 aliphatic heterocycles. The van der Waals surface area contributed by atoms with Crippen molar-refractivity contribution in [3.05, 3.63) is 35.6 Å². The fourth-order valence-corrected chi connectivity index (χ4v) is 2.00. The van der Waals surface area contributed by atoms with Crippen LogP contribution < -0.4 is 16.4 Å².